The van der Waals surface area contributed by atoms with Gasteiger partial charge in [0.2, 0.25) is 0 Å². The minimum absolute atomic E-state index is 0.0623. The molecule has 0 spiro atoms. The highest BCUT2D eigenvalue weighted by Gasteiger charge is 2.21. The molecule has 134 valence electrons. The molecular weight excluding hydrogens is 339 g/mol. The van der Waals surface area contributed by atoms with Gasteiger partial charge in [0, 0.05) is 31.1 Å². The average molecular weight is 362 g/mol. The SMILES string of the molecule is CC1CN(CCNC(=O)c2ccc(-c3ccc(F)cc3)s2)CC(C)O1. The van der Waals surface area contributed by atoms with Gasteiger partial charge in [-0.1, -0.05) is 12.1 Å². The van der Waals surface area contributed by atoms with Crippen molar-refractivity contribution in [3.05, 3.63) is 47.1 Å². The fourth-order valence-corrected chi connectivity index (χ4v) is 4.04. The van der Waals surface area contributed by atoms with Crippen LogP contribution in [0.25, 0.3) is 10.4 Å². The first-order valence-corrected chi connectivity index (χ1v) is 9.34. The minimum Gasteiger partial charge on any atom is -0.373 e. The van der Waals surface area contributed by atoms with Crippen LogP contribution in [0.1, 0.15) is 23.5 Å². The lowest BCUT2D eigenvalue weighted by atomic mass is 10.2. The Morgan fingerprint density at radius 2 is 1.88 bits per heavy atom. The van der Waals surface area contributed by atoms with E-state index in [-0.39, 0.29) is 23.9 Å². The van der Waals surface area contributed by atoms with E-state index in [1.54, 1.807) is 12.1 Å². The van der Waals surface area contributed by atoms with E-state index in [0.717, 1.165) is 30.1 Å². The number of thiophene rings is 1. The topological polar surface area (TPSA) is 41.6 Å². The lowest BCUT2D eigenvalue weighted by Crippen LogP contribution is -2.47. The molecule has 1 N–H and O–H groups in total. The second-order valence-electron chi connectivity index (χ2n) is 6.44. The van der Waals surface area contributed by atoms with E-state index in [0.29, 0.717) is 11.4 Å². The normalized spacial score (nSPS) is 21.2. The maximum absolute atomic E-state index is 13.0. The van der Waals surface area contributed by atoms with Crippen molar-refractivity contribution in [2.45, 2.75) is 26.1 Å². The summed E-state index contributed by atoms with van der Waals surface area (Å²) in [6, 6.07) is 10.0. The van der Waals surface area contributed by atoms with Gasteiger partial charge in [-0.05, 0) is 43.7 Å². The van der Waals surface area contributed by atoms with Crippen LogP contribution in [-0.4, -0.2) is 49.2 Å². The van der Waals surface area contributed by atoms with Gasteiger partial charge < -0.3 is 10.1 Å². The first-order valence-electron chi connectivity index (χ1n) is 8.53. The number of carbonyl (C=O) groups excluding carboxylic acids is 1. The van der Waals surface area contributed by atoms with E-state index in [1.165, 1.54) is 23.5 Å². The molecule has 1 amide bonds. The van der Waals surface area contributed by atoms with E-state index < -0.39 is 0 Å². The molecule has 25 heavy (non-hydrogen) atoms. The van der Waals surface area contributed by atoms with Crippen molar-refractivity contribution in [2.75, 3.05) is 26.2 Å². The van der Waals surface area contributed by atoms with E-state index in [9.17, 15) is 9.18 Å². The van der Waals surface area contributed by atoms with Crippen molar-refractivity contribution in [2.24, 2.45) is 0 Å². The number of hydrogen-bond donors (Lipinski definition) is 1. The van der Waals surface area contributed by atoms with Crippen molar-refractivity contribution in [3.8, 4) is 10.4 Å². The minimum atomic E-state index is -0.259. The summed E-state index contributed by atoms with van der Waals surface area (Å²) in [5.74, 6) is -0.322. The highest BCUT2D eigenvalue weighted by molar-refractivity contribution is 7.17. The molecule has 2 aromatic rings. The first kappa shape index (κ1) is 18.0. The number of benzene rings is 1. The van der Waals surface area contributed by atoms with E-state index in [4.69, 9.17) is 4.74 Å². The summed E-state index contributed by atoms with van der Waals surface area (Å²) in [4.78, 5) is 16.3. The molecule has 1 aromatic carbocycles. The molecule has 0 saturated carbocycles. The van der Waals surface area contributed by atoms with Gasteiger partial charge in [0.15, 0.2) is 0 Å². The second kappa shape index (κ2) is 8.08. The molecule has 4 nitrogen and oxygen atoms in total. The number of nitrogens with zero attached hydrogens (tertiary/aromatic N) is 1. The van der Waals surface area contributed by atoms with Gasteiger partial charge in [-0.25, -0.2) is 4.39 Å². The maximum atomic E-state index is 13.0. The zero-order valence-corrected chi connectivity index (χ0v) is 15.3. The lowest BCUT2D eigenvalue weighted by molar-refractivity contribution is -0.0672. The molecule has 1 fully saturated rings. The molecule has 2 unspecified atom stereocenters. The second-order valence-corrected chi connectivity index (χ2v) is 7.53. The molecule has 1 aliphatic heterocycles. The number of hydrogen-bond acceptors (Lipinski definition) is 4. The number of nitrogens with one attached hydrogen (secondary N) is 1. The molecule has 0 aliphatic carbocycles. The average Bonchev–Trinajstić information content (AvgIpc) is 3.04. The summed E-state index contributed by atoms with van der Waals surface area (Å²) in [6.45, 7) is 7.37. The highest BCUT2D eigenvalue weighted by Crippen LogP contribution is 2.28. The summed E-state index contributed by atoms with van der Waals surface area (Å²) < 4.78 is 18.7. The standard InChI is InChI=1S/C19H23FN2O2S/c1-13-11-22(12-14(2)24-13)10-9-21-19(23)18-8-7-17(25-18)15-3-5-16(20)6-4-15/h3-8,13-14H,9-12H2,1-2H3,(H,21,23). The van der Waals surface area contributed by atoms with Gasteiger partial charge in [-0.3, -0.25) is 9.69 Å². The predicted octanol–water partition coefficient (Wildman–Crippen LogP) is 3.39. The van der Waals surface area contributed by atoms with Crippen molar-refractivity contribution < 1.29 is 13.9 Å². The monoisotopic (exact) mass is 362 g/mol. The van der Waals surface area contributed by atoms with E-state index in [1.807, 2.05) is 12.1 Å². The Morgan fingerprint density at radius 3 is 2.56 bits per heavy atom. The van der Waals surface area contributed by atoms with Crippen LogP contribution in [0.3, 0.4) is 0 Å². The Bertz CT molecular complexity index is 706. The Labute approximate surface area is 151 Å². The number of amides is 1. The molecular formula is C19H23FN2O2S. The first-order chi connectivity index (χ1) is 12.0. The molecule has 0 bridgehead atoms. The number of ether oxygens (including phenoxy) is 1. The summed E-state index contributed by atoms with van der Waals surface area (Å²) in [7, 11) is 0. The van der Waals surface area contributed by atoms with E-state index in [2.05, 4.69) is 24.1 Å². The smallest absolute Gasteiger partial charge is 0.261 e. The van der Waals surface area contributed by atoms with Crippen molar-refractivity contribution in [3.63, 3.8) is 0 Å². The third-order valence-electron chi connectivity index (χ3n) is 4.17. The predicted molar refractivity (Wildman–Crippen MR) is 98.5 cm³/mol. The molecule has 1 aromatic heterocycles. The highest BCUT2D eigenvalue weighted by atomic mass is 32.1. The number of morpholine rings is 1. The summed E-state index contributed by atoms with van der Waals surface area (Å²) in [5, 5.41) is 2.98. The summed E-state index contributed by atoms with van der Waals surface area (Å²) in [6.07, 6.45) is 0.463. The molecule has 3 rings (SSSR count). The van der Waals surface area contributed by atoms with Crippen LogP contribution in [0.4, 0.5) is 4.39 Å². The largest absolute Gasteiger partial charge is 0.373 e. The van der Waals surface area contributed by atoms with Crippen LogP contribution in [0.5, 0.6) is 0 Å². The van der Waals surface area contributed by atoms with Crippen molar-refractivity contribution >= 4 is 17.2 Å². The lowest BCUT2D eigenvalue weighted by Gasteiger charge is -2.35. The number of carbonyl (C=O) groups is 1. The molecule has 2 atom stereocenters. The van der Waals surface area contributed by atoms with Gasteiger partial charge in [0.1, 0.15) is 5.82 Å². The van der Waals surface area contributed by atoms with Gasteiger partial charge in [0.05, 0.1) is 17.1 Å². The van der Waals surface area contributed by atoms with Gasteiger partial charge in [0.25, 0.3) is 5.91 Å². The quantitative estimate of drug-likeness (QED) is 0.886. The van der Waals surface area contributed by atoms with Gasteiger partial charge >= 0.3 is 0 Å². The zero-order valence-electron chi connectivity index (χ0n) is 14.5. The van der Waals surface area contributed by atoms with Crippen LogP contribution >= 0.6 is 11.3 Å². The maximum Gasteiger partial charge on any atom is 0.261 e. The van der Waals surface area contributed by atoms with Crippen molar-refractivity contribution in [1.29, 1.82) is 0 Å². The van der Waals surface area contributed by atoms with Crippen LogP contribution in [0, 0.1) is 5.82 Å². The molecule has 2 heterocycles. The van der Waals surface area contributed by atoms with Gasteiger partial charge in [-0.15, -0.1) is 11.3 Å². The molecule has 6 heteroatoms. The third kappa shape index (κ3) is 4.87. The summed E-state index contributed by atoms with van der Waals surface area (Å²) in [5.41, 5.74) is 0.918. The Morgan fingerprint density at radius 1 is 1.20 bits per heavy atom. The Hall–Kier alpha value is -1.76. The van der Waals surface area contributed by atoms with Crippen LogP contribution < -0.4 is 5.32 Å². The van der Waals surface area contributed by atoms with Crippen LogP contribution in [0.15, 0.2) is 36.4 Å². The van der Waals surface area contributed by atoms with Crippen LogP contribution in [0.2, 0.25) is 0 Å². The Kier molecular flexibility index (Phi) is 5.83. The zero-order chi connectivity index (χ0) is 17.8. The van der Waals surface area contributed by atoms with E-state index >= 15 is 0 Å². The number of rotatable bonds is 5. The molecule has 1 aliphatic rings. The molecule has 0 radical (unpaired) electrons. The summed E-state index contributed by atoms with van der Waals surface area (Å²) >= 11 is 1.42. The Balaban J connectivity index is 1.51. The van der Waals surface area contributed by atoms with Gasteiger partial charge in [-0.2, -0.15) is 0 Å². The molecule has 1 saturated heterocycles. The third-order valence-corrected chi connectivity index (χ3v) is 5.30. The fourth-order valence-electron chi connectivity index (χ4n) is 3.11. The number of halogens is 1. The van der Waals surface area contributed by atoms with Crippen molar-refractivity contribution in [1.82, 2.24) is 10.2 Å². The fraction of sp³-hybridized carbons (Fsp3) is 0.421. The van der Waals surface area contributed by atoms with Crippen LogP contribution in [-0.2, 0) is 4.74 Å².